The van der Waals surface area contributed by atoms with E-state index < -0.39 is 0 Å². The van der Waals surface area contributed by atoms with Crippen molar-refractivity contribution in [3.8, 4) is 17.3 Å². The van der Waals surface area contributed by atoms with Gasteiger partial charge in [-0.1, -0.05) is 30.3 Å². The summed E-state index contributed by atoms with van der Waals surface area (Å²) in [7, 11) is 2.07. The van der Waals surface area contributed by atoms with Crippen molar-refractivity contribution in [1.29, 1.82) is 5.26 Å². The minimum atomic E-state index is -0.280. The zero-order chi connectivity index (χ0) is 24.6. The van der Waals surface area contributed by atoms with E-state index in [1.807, 2.05) is 18.2 Å². The van der Waals surface area contributed by atoms with Gasteiger partial charge in [0.2, 0.25) is 0 Å². The molecule has 2 heterocycles. The van der Waals surface area contributed by atoms with E-state index in [4.69, 9.17) is 4.98 Å². The topological polar surface area (TPSA) is 93.1 Å². The molecule has 1 amide bonds. The van der Waals surface area contributed by atoms with Crippen LogP contribution in [-0.4, -0.2) is 61.6 Å². The van der Waals surface area contributed by atoms with Crippen molar-refractivity contribution >= 4 is 11.7 Å². The molecule has 0 spiro atoms. The molecule has 1 aliphatic rings. The molecule has 3 N–H and O–H groups in total. The first-order valence-corrected chi connectivity index (χ1v) is 11.7. The number of nitriles is 1. The average Bonchev–Trinajstić information content (AvgIpc) is 2.87. The molecule has 2 aromatic carbocycles. The van der Waals surface area contributed by atoms with Gasteiger partial charge in [-0.25, -0.2) is 9.37 Å². The zero-order valence-electron chi connectivity index (χ0n) is 19.7. The molecular formula is C27H29FN6O. The number of pyridine rings is 1. The molecule has 1 fully saturated rings. The van der Waals surface area contributed by atoms with Crippen molar-refractivity contribution < 1.29 is 9.18 Å². The number of carbonyl (C=O) groups excluding carboxylic acids is 1. The zero-order valence-corrected chi connectivity index (χ0v) is 19.7. The Morgan fingerprint density at radius 1 is 1.23 bits per heavy atom. The number of carbonyl (C=O) groups is 1. The molecule has 0 saturated carbocycles. The average molecular weight is 473 g/mol. The quantitative estimate of drug-likeness (QED) is 0.467. The molecule has 3 aromatic rings. The highest BCUT2D eigenvalue weighted by Crippen LogP contribution is 2.25. The van der Waals surface area contributed by atoms with Gasteiger partial charge in [-0.3, -0.25) is 4.79 Å². The second-order valence-electron chi connectivity index (χ2n) is 8.68. The number of hydrogen-bond donors (Lipinski definition) is 3. The van der Waals surface area contributed by atoms with E-state index in [-0.39, 0.29) is 17.8 Å². The van der Waals surface area contributed by atoms with Crippen LogP contribution in [0.25, 0.3) is 11.3 Å². The van der Waals surface area contributed by atoms with Crippen molar-refractivity contribution in [2.45, 2.75) is 12.5 Å². The number of amides is 1. The second kappa shape index (κ2) is 11.6. The maximum absolute atomic E-state index is 13.5. The van der Waals surface area contributed by atoms with Crippen molar-refractivity contribution in [2.75, 3.05) is 45.1 Å². The standard InChI is InChI=1S/C27H29FN6O/c1-34-14-13-30-22(18-34)17-32-27(35)24-9-10-25(23-8-3-2-6-20(23)16-29)33-26(24)31-12-11-19-5-4-7-21(28)15-19/h2-10,15,22,30H,11-14,17-18H2,1H3,(H,31,33)(H,32,35)/t22-/m0/s1. The van der Waals surface area contributed by atoms with Gasteiger partial charge in [0.1, 0.15) is 11.6 Å². The van der Waals surface area contributed by atoms with Crippen molar-refractivity contribution in [1.82, 2.24) is 20.5 Å². The third-order valence-electron chi connectivity index (χ3n) is 6.03. The van der Waals surface area contributed by atoms with E-state index >= 15 is 0 Å². The minimum absolute atomic E-state index is 0.178. The third-order valence-corrected chi connectivity index (χ3v) is 6.03. The molecule has 0 radical (unpaired) electrons. The number of benzene rings is 2. The Morgan fingerprint density at radius 3 is 2.89 bits per heavy atom. The van der Waals surface area contributed by atoms with Crippen LogP contribution in [-0.2, 0) is 6.42 Å². The van der Waals surface area contributed by atoms with Gasteiger partial charge in [-0.15, -0.1) is 0 Å². The van der Waals surface area contributed by atoms with Crippen LogP contribution in [0.15, 0.2) is 60.7 Å². The molecule has 1 aliphatic heterocycles. The predicted octanol–water partition coefficient (Wildman–Crippen LogP) is 3.05. The SMILES string of the molecule is CN1CCN[C@@H](CNC(=O)c2ccc(-c3ccccc3C#N)nc2NCCc2cccc(F)c2)C1. The largest absolute Gasteiger partial charge is 0.369 e. The summed E-state index contributed by atoms with van der Waals surface area (Å²) in [6, 6.07) is 19.5. The van der Waals surface area contributed by atoms with E-state index in [0.717, 1.165) is 25.2 Å². The van der Waals surface area contributed by atoms with Crippen LogP contribution in [0, 0.1) is 17.1 Å². The van der Waals surface area contributed by atoms with Gasteiger partial charge in [0.25, 0.3) is 5.91 Å². The first-order chi connectivity index (χ1) is 17.0. The Bertz CT molecular complexity index is 1220. The molecule has 8 heteroatoms. The summed E-state index contributed by atoms with van der Waals surface area (Å²) in [6.07, 6.45) is 0.567. The monoisotopic (exact) mass is 472 g/mol. The molecule has 1 saturated heterocycles. The lowest BCUT2D eigenvalue weighted by molar-refractivity contribution is 0.0944. The van der Waals surface area contributed by atoms with Crippen LogP contribution in [0.4, 0.5) is 10.2 Å². The van der Waals surface area contributed by atoms with Gasteiger partial charge in [0.05, 0.1) is 22.9 Å². The van der Waals surface area contributed by atoms with Crippen molar-refractivity contribution in [3.63, 3.8) is 0 Å². The number of nitrogens with zero attached hydrogens (tertiary/aromatic N) is 3. The maximum atomic E-state index is 13.5. The Morgan fingerprint density at radius 2 is 2.09 bits per heavy atom. The van der Waals surface area contributed by atoms with Crippen LogP contribution in [0.5, 0.6) is 0 Å². The van der Waals surface area contributed by atoms with Crippen LogP contribution in [0.3, 0.4) is 0 Å². The number of rotatable bonds is 8. The lowest BCUT2D eigenvalue weighted by Crippen LogP contribution is -2.53. The fourth-order valence-corrected chi connectivity index (χ4v) is 4.19. The Balaban J connectivity index is 1.54. The van der Waals surface area contributed by atoms with Gasteiger partial charge in [-0.05, 0) is 49.4 Å². The van der Waals surface area contributed by atoms with Gasteiger partial charge in [0, 0.05) is 44.3 Å². The smallest absolute Gasteiger partial charge is 0.255 e. The normalized spacial score (nSPS) is 15.9. The predicted molar refractivity (Wildman–Crippen MR) is 135 cm³/mol. The molecule has 35 heavy (non-hydrogen) atoms. The number of likely N-dealkylation sites (N-methyl/N-ethyl adjacent to an activating group) is 1. The minimum Gasteiger partial charge on any atom is -0.369 e. The summed E-state index contributed by atoms with van der Waals surface area (Å²) in [4.78, 5) is 20.0. The summed E-state index contributed by atoms with van der Waals surface area (Å²) < 4.78 is 13.5. The molecule has 4 rings (SSSR count). The lowest BCUT2D eigenvalue weighted by atomic mass is 10.0. The molecule has 180 valence electrons. The number of hydrogen-bond acceptors (Lipinski definition) is 6. The Hall–Kier alpha value is -3.80. The van der Waals surface area contributed by atoms with Crippen molar-refractivity contribution in [3.05, 3.63) is 83.2 Å². The summed E-state index contributed by atoms with van der Waals surface area (Å²) in [5, 5.41) is 19.2. The molecule has 1 aromatic heterocycles. The summed E-state index contributed by atoms with van der Waals surface area (Å²) in [6.45, 7) is 3.71. The van der Waals surface area contributed by atoms with E-state index in [9.17, 15) is 14.4 Å². The number of piperazine rings is 1. The Kier molecular flexibility index (Phi) is 8.03. The number of nitrogens with one attached hydrogen (secondary N) is 3. The fraction of sp³-hybridized carbons (Fsp3) is 0.296. The number of anilines is 1. The molecule has 0 bridgehead atoms. The van der Waals surface area contributed by atoms with Crippen LogP contribution in [0.1, 0.15) is 21.5 Å². The number of halogens is 1. The molecular weight excluding hydrogens is 443 g/mol. The number of aromatic nitrogens is 1. The van der Waals surface area contributed by atoms with Gasteiger partial charge >= 0.3 is 0 Å². The highest BCUT2D eigenvalue weighted by atomic mass is 19.1. The summed E-state index contributed by atoms with van der Waals surface area (Å²) in [5.74, 6) is -0.0727. The van der Waals surface area contributed by atoms with Gasteiger partial charge in [-0.2, -0.15) is 5.26 Å². The lowest BCUT2D eigenvalue weighted by Gasteiger charge is -2.31. The van der Waals surface area contributed by atoms with Crippen LogP contribution >= 0.6 is 0 Å². The van der Waals surface area contributed by atoms with Gasteiger partial charge < -0.3 is 20.9 Å². The second-order valence-corrected chi connectivity index (χ2v) is 8.68. The highest BCUT2D eigenvalue weighted by molar-refractivity contribution is 5.99. The molecule has 0 unspecified atom stereocenters. The van der Waals surface area contributed by atoms with Gasteiger partial charge in [0.15, 0.2) is 0 Å². The molecule has 7 nitrogen and oxygen atoms in total. The van der Waals surface area contributed by atoms with E-state index in [1.165, 1.54) is 12.1 Å². The molecule has 1 atom stereocenters. The highest BCUT2D eigenvalue weighted by Gasteiger charge is 2.20. The first-order valence-electron chi connectivity index (χ1n) is 11.7. The first kappa shape index (κ1) is 24.3. The van der Waals surface area contributed by atoms with E-state index in [2.05, 4.69) is 34.0 Å². The summed E-state index contributed by atoms with van der Waals surface area (Å²) in [5.41, 5.74) is 3.08. The van der Waals surface area contributed by atoms with Crippen LogP contribution < -0.4 is 16.0 Å². The summed E-state index contributed by atoms with van der Waals surface area (Å²) >= 11 is 0. The maximum Gasteiger partial charge on any atom is 0.255 e. The van der Waals surface area contributed by atoms with E-state index in [0.29, 0.717) is 47.7 Å². The Labute approximate surface area is 205 Å². The van der Waals surface area contributed by atoms with Crippen molar-refractivity contribution in [2.24, 2.45) is 0 Å². The fourth-order valence-electron chi connectivity index (χ4n) is 4.19. The van der Waals surface area contributed by atoms with Crippen LogP contribution in [0.2, 0.25) is 0 Å². The van der Waals surface area contributed by atoms with E-state index in [1.54, 1.807) is 30.3 Å². The molecule has 0 aliphatic carbocycles. The third kappa shape index (κ3) is 6.41.